The molecule has 1 N–H and O–H groups in total. The van der Waals surface area contributed by atoms with Crippen LogP contribution in [0, 0.1) is 0 Å². The average molecular weight is 249 g/mol. The molecule has 0 aliphatic carbocycles. The number of carbonyl (C=O) groups is 1. The molecule has 18 heavy (non-hydrogen) atoms. The van der Waals surface area contributed by atoms with Crippen molar-refractivity contribution in [1.29, 1.82) is 0 Å². The van der Waals surface area contributed by atoms with Gasteiger partial charge in [0, 0.05) is 13.0 Å². The molecule has 1 aliphatic heterocycles. The molecule has 1 aromatic rings. The van der Waals surface area contributed by atoms with E-state index in [9.17, 15) is 4.79 Å². The molecule has 0 spiro atoms. The Hall–Kier alpha value is -1.39. The highest BCUT2D eigenvalue weighted by Crippen LogP contribution is 2.21. The maximum atomic E-state index is 11.7. The van der Waals surface area contributed by atoms with E-state index in [-0.39, 0.29) is 5.91 Å². The Morgan fingerprint density at radius 1 is 1.28 bits per heavy atom. The van der Waals surface area contributed by atoms with Crippen molar-refractivity contribution in [2.24, 2.45) is 0 Å². The molecule has 1 fully saturated rings. The van der Waals surface area contributed by atoms with Gasteiger partial charge in [0.1, 0.15) is 0 Å². The Balaban J connectivity index is 1.69. The first-order chi connectivity index (χ1) is 8.68. The second-order valence-electron chi connectivity index (χ2n) is 4.59. The summed E-state index contributed by atoms with van der Waals surface area (Å²) in [7, 11) is 0. The Kier molecular flexibility index (Phi) is 4.33. The highest BCUT2D eigenvalue weighted by molar-refractivity contribution is 5.78. The summed E-state index contributed by atoms with van der Waals surface area (Å²) in [4.78, 5) is 11.7. The predicted octanol–water partition coefficient (Wildman–Crippen LogP) is 1.50. The van der Waals surface area contributed by atoms with E-state index in [4.69, 9.17) is 9.47 Å². The zero-order chi connectivity index (χ0) is 12.8. The Labute approximate surface area is 107 Å². The molecule has 1 heterocycles. The first-order valence-corrected chi connectivity index (χ1v) is 6.26. The minimum atomic E-state index is -0.528. The van der Waals surface area contributed by atoms with Gasteiger partial charge in [-0.05, 0) is 12.5 Å². The van der Waals surface area contributed by atoms with E-state index in [2.05, 4.69) is 5.32 Å². The molecule has 0 unspecified atom stereocenters. The van der Waals surface area contributed by atoms with Gasteiger partial charge in [-0.3, -0.25) is 4.79 Å². The van der Waals surface area contributed by atoms with Crippen LogP contribution in [0.3, 0.4) is 0 Å². The van der Waals surface area contributed by atoms with Crippen LogP contribution in [0.25, 0.3) is 0 Å². The van der Waals surface area contributed by atoms with Gasteiger partial charge in [-0.15, -0.1) is 0 Å². The Morgan fingerprint density at radius 3 is 2.61 bits per heavy atom. The van der Waals surface area contributed by atoms with Crippen LogP contribution in [0.5, 0.6) is 0 Å². The lowest BCUT2D eigenvalue weighted by Gasteiger charge is -2.22. The van der Waals surface area contributed by atoms with Crippen LogP contribution in [-0.4, -0.2) is 31.5 Å². The number of hydrogen-bond acceptors (Lipinski definition) is 3. The minimum Gasteiger partial charge on any atom is -0.356 e. The summed E-state index contributed by atoms with van der Waals surface area (Å²) in [6, 6.07) is 9.71. The topological polar surface area (TPSA) is 47.6 Å². The quantitative estimate of drug-likeness (QED) is 0.860. The van der Waals surface area contributed by atoms with E-state index >= 15 is 0 Å². The SMILES string of the molecule is CC1(CCNC(=O)Cc2ccccc2)OCCO1. The van der Waals surface area contributed by atoms with Crippen molar-refractivity contribution in [1.82, 2.24) is 5.32 Å². The number of hydrogen-bond donors (Lipinski definition) is 1. The van der Waals surface area contributed by atoms with E-state index in [1.54, 1.807) is 0 Å². The third-order valence-corrected chi connectivity index (χ3v) is 3.01. The van der Waals surface area contributed by atoms with E-state index < -0.39 is 5.79 Å². The van der Waals surface area contributed by atoms with Gasteiger partial charge in [-0.1, -0.05) is 30.3 Å². The second-order valence-corrected chi connectivity index (χ2v) is 4.59. The molecule has 1 aromatic carbocycles. The van der Waals surface area contributed by atoms with E-state index in [1.165, 1.54) is 0 Å². The molecule has 1 saturated heterocycles. The summed E-state index contributed by atoms with van der Waals surface area (Å²) in [5, 5.41) is 2.88. The van der Waals surface area contributed by atoms with Crippen LogP contribution in [-0.2, 0) is 20.7 Å². The molecule has 2 rings (SSSR count). The molecule has 0 atom stereocenters. The molecule has 98 valence electrons. The zero-order valence-corrected chi connectivity index (χ0v) is 10.6. The lowest BCUT2D eigenvalue weighted by Crippen LogP contribution is -2.34. The molecule has 0 bridgehead atoms. The summed E-state index contributed by atoms with van der Waals surface area (Å²) in [5.74, 6) is -0.497. The first kappa shape index (κ1) is 13.1. The van der Waals surface area contributed by atoms with Crippen molar-refractivity contribution in [3.05, 3.63) is 35.9 Å². The number of benzene rings is 1. The van der Waals surface area contributed by atoms with Crippen molar-refractivity contribution >= 4 is 5.91 Å². The van der Waals surface area contributed by atoms with E-state index in [0.717, 1.165) is 5.56 Å². The monoisotopic (exact) mass is 249 g/mol. The summed E-state index contributed by atoms with van der Waals surface area (Å²) in [6.45, 7) is 3.74. The normalized spacial score (nSPS) is 17.6. The van der Waals surface area contributed by atoms with Gasteiger partial charge in [0.25, 0.3) is 0 Å². The first-order valence-electron chi connectivity index (χ1n) is 6.26. The number of carbonyl (C=O) groups excluding carboxylic acids is 1. The molecule has 1 aliphatic rings. The average Bonchev–Trinajstić information content (AvgIpc) is 2.77. The molecular weight excluding hydrogens is 230 g/mol. The van der Waals surface area contributed by atoms with Gasteiger partial charge in [0.05, 0.1) is 19.6 Å². The number of amides is 1. The van der Waals surface area contributed by atoms with Crippen LogP contribution >= 0.6 is 0 Å². The summed E-state index contributed by atoms with van der Waals surface area (Å²) in [5.41, 5.74) is 1.02. The van der Waals surface area contributed by atoms with Gasteiger partial charge in [0.15, 0.2) is 5.79 Å². The fraction of sp³-hybridized carbons (Fsp3) is 0.500. The Bertz CT molecular complexity index is 385. The molecule has 4 heteroatoms. The predicted molar refractivity (Wildman–Crippen MR) is 68.1 cm³/mol. The van der Waals surface area contributed by atoms with Crippen molar-refractivity contribution in [2.45, 2.75) is 25.6 Å². The van der Waals surface area contributed by atoms with Crippen molar-refractivity contribution in [3.63, 3.8) is 0 Å². The van der Waals surface area contributed by atoms with Crippen molar-refractivity contribution in [3.8, 4) is 0 Å². The highest BCUT2D eigenvalue weighted by atomic mass is 16.7. The van der Waals surface area contributed by atoms with Gasteiger partial charge >= 0.3 is 0 Å². The molecule has 0 radical (unpaired) electrons. The smallest absolute Gasteiger partial charge is 0.224 e. The van der Waals surface area contributed by atoms with Gasteiger partial charge in [-0.2, -0.15) is 0 Å². The zero-order valence-electron chi connectivity index (χ0n) is 10.6. The second kappa shape index (κ2) is 5.98. The largest absolute Gasteiger partial charge is 0.356 e. The lowest BCUT2D eigenvalue weighted by atomic mass is 10.1. The van der Waals surface area contributed by atoms with Crippen molar-refractivity contribution in [2.75, 3.05) is 19.8 Å². The van der Waals surface area contributed by atoms with Gasteiger partial charge in [0.2, 0.25) is 5.91 Å². The molecule has 1 amide bonds. The molecule has 4 nitrogen and oxygen atoms in total. The fourth-order valence-electron chi connectivity index (χ4n) is 1.97. The maximum absolute atomic E-state index is 11.7. The summed E-state index contributed by atoms with van der Waals surface area (Å²) in [6.07, 6.45) is 1.09. The van der Waals surface area contributed by atoms with Crippen LogP contribution < -0.4 is 5.32 Å². The van der Waals surface area contributed by atoms with Crippen LogP contribution in [0.4, 0.5) is 0 Å². The van der Waals surface area contributed by atoms with Crippen LogP contribution in [0.15, 0.2) is 30.3 Å². The van der Waals surface area contributed by atoms with E-state index in [0.29, 0.717) is 32.6 Å². The minimum absolute atomic E-state index is 0.0304. The van der Waals surface area contributed by atoms with Crippen LogP contribution in [0.2, 0.25) is 0 Å². The fourth-order valence-corrected chi connectivity index (χ4v) is 1.97. The number of ether oxygens (including phenoxy) is 2. The molecule has 0 saturated carbocycles. The number of nitrogens with one attached hydrogen (secondary N) is 1. The number of rotatable bonds is 5. The third-order valence-electron chi connectivity index (χ3n) is 3.01. The Morgan fingerprint density at radius 2 is 1.94 bits per heavy atom. The summed E-state index contributed by atoms with van der Waals surface area (Å²) >= 11 is 0. The standard InChI is InChI=1S/C14H19NO3/c1-14(17-9-10-18-14)7-8-15-13(16)11-12-5-3-2-4-6-12/h2-6H,7-11H2,1H3,(H,15,16). The highest BCUT2D eigenvalue weighted by Gasteiger charge is 2.30. The third kappa shape index (κ3) is 3.82. The lowest BCUT2D eigenvalue weighted by molar-refractivity contribution is -0.146. The maximum Gasteiger partial charge on any atom is 0.224 e. The summed E-state index contributed by atoms with van der Waals surface area (Å²) < 4.78 is 10.9. The molecular formula is C14H19NO3. The van der Waals surface area contributed by atoms with Gasteiger partial charge < -0.3 is 14.8 Å². The van der Waals surface area contributed by atoms with E-state index in [1.807, 2.05) is 37.3 Å². The van der Waals surface area contributed by atoms with Gasteiger partial charge in [-0.25, -0.2) is 0 Å². The van der Waals surface area contributed by atoms with Crippen molar-refractivity contribution < 1.29 is 14.3 Å². The molecule has 0 aromatic heterocycles. The van der Waals surface area contributed by atoms with Crippen LogP contribution in [0.1, 0.15) is 18.9 Å².